The van der Waals surface area contributed by atoms with Gasteiger partial charge in [-0.15, -0.1) is 0 Å². The molecule has 15 heavy (non-hydrogen) atoms. The molecule has 0 aliphatic carbocycles. The number of likely N-dealkylation sites (tertiary alicyclic amines) is 1. The molecule has 2 N–H and O–H groups in total. The lowest BCUT2D eigenvalue weighted by Crippen LogP contribution is -2.56. The fourth-order valence-corrected chi connectivity index (χ4v) is 1.90. The van der Waals surface area contributed by atoms with E-state index < -0.39 is 5.82 Å². The highest BCUT2D eigenvalue weighted by molar-refractivity contribution is 5.22. The van der Waals surface area contributed by atoms with Gasteiger partial charge in [0.25, 0.3) is 0 Å². The van der Waals surface area contributed by atoms with Crippen LogP contribution in [0, 0.1) is 11.6 Å². The topological polar surface area (TPSA) is 29.3 Å². The minimum Gasteiger partial charge on any atom is -0.325 e. The summed E-state index contributed by atoms with van der Waals surface area (Å²) >= 11 is 0. The van der Waals surface area contributed by atoms with Gasteiger partial charge in [0.05, 0.1) is 0 Å². The minimum atomic E-state index is -0.400. The van der Waals surface area contributed by atoms with Crippen molar-refractivity contribution in [2.24, 2.45) is 5.73 Å². The Kier molecular flexibility index (Phi) is 2.71. The Morgan fingerprint density at radius 2 is 2.07 bits per heavy atom. The molecular weight excluding hydrogens is 198 g/mol. The molecule has 1 atom stereocenters. The molecule has 1 aromatic carbocycles. The molecule has 2 nitrogen and oxygen atoms in total. The number of nitrogens with two attached hydrogens (primary N) is 1. The summed E-state index contributed by atoms with van der Waals surface area (Å²) in [5.74, 6) is -0.757. The van der Waals surface area contributed by atoms with Gasteiger partial charge < -0.3 is 5.73 Å². The van der Waals surface area contributed by atoms with Crippen LogP contribution < -0.4 is 5.73 Å². The van der Waals surface area contributed by atoms with Crippen LogP contribution in [-0.2, 0) is 0 Å². The molecule has 1 unspecified atom stereocenters. The predicted molar refractivity (Wildman–Crippen MR) is 54.3 cm³/mol. The molecule has 4 heteroatoms. The van der Waals surface area contributed by atoms with Crippen LogP contribution in [-0.4, -0.2) is 24.0 Å². The van der Waals surface area contributed by atoms with Crippen LogP contribution in [0.25, 0.3) is 0 Å². The first-order chi connectivity index (χ1) is 7.08. The number of nitrogens with zero attached hydrogens (tertiary/aromatic N) is 1. The lowest BCUT2D eigenvalue weighted by Gasteiger charge is -2.41. The van der Waals surface area contributed by atoms with Gasteiger partial charge in [-0.05, 0) is 25.1 Å². The van der Waals surface area contributed by atoms with E-state index in [0.29, 0.717) is 5.56 Å². The quantitative estimate of drug-likeness (QED) is 0.808. The first-order valence-electron chi connectivity index (χ1n) is 5.02. The Hall–Kier alpha value is -1.00. The molecule has 0 bridgehead atoms. The van der Waals surface area contributed by atoms with Crippen molar-refractivity contribution in [1.29, 1.82) is 0 Å². The van der Waals surface area contributed by atoms with Gasteiger partial charge in [-0.25, -0.2) is 8.78 Å². The van der Waals surface area contributed by atoms with E-state index in [1.165, 1.54) is 12.1 Å². The van der Waals surface area contributed by atoms with Crippen LogP contribution in [0.4, 0.5) is 8.78 Å². The molecule has 0 aromatic heterocycles. The zero-order valence-corrected chi connectivity index (χ0v) is 8.58. The molecule has 2 rings (SSSR count). The van der Waals surface area contributed by atoms with E-state index >= 15 is 0 Å². The van der Waals surface area contributed by atoms with Crippen molar-refractivity contribution in [3.05, 3.63) is 35.4 Å². The summed E-state index contributed by atoms with van der Waals surface area (Å²) in [6, 6.07) is 3.61. The predicted octanol–water partition coefficient (Wildman–Crippen LogP) is 1.67. The van der Waals surface area contributed by atoms with E-state index in [1.807, 2.05) is 11.8 Å². The smallest absolute Gasteiger partial charge is 0.128 e. The number of hydrogen-bond acceptors (Lipinski definition) is 2. The molecule has 0 amide bonds. The first kappa shape index (κ1) is 10.5. The summed E-state index contributed by atoms with van der Waals surface area (Å²) in [5, 5.41) is 0. The van der Waals surface area contributed by atoms with Crippen molar-refractivity contribution in [2.45, 2.75) is 19.0 Å². The standard InChI is InChI=1S/C11H14F2N2/c1-7(15-5-9(14)6-15)10-4-8(12)2-3-11(10)13/h2-4,7,9H,5-6,14H2,1H3. The van der Waals surface area contributed by atoms with Gasteiger partial charge in [-0.2, -0.15) is 0 Å². The van der Waals surface area contributed by atoms with Crippen LogP contribution in [0.1, 0.15) is 18.5 Å². The molecule has 0 radical (unpaired) electrons. The summed E-state index contributed by atoms with van der Waals surface area (Å²) in [4.78, 5) is 2.03. The van der Waals surface area contributed by atoms with E-state index in [9.17, 15) is 8.78 Å². The van der Waals surface area contributed by atoms with Crippen molar-refractivity contribution in [1.82, 2.24) is 4.90 Å². The zero-order valence-electron chi connectivity index (χ0n) is 8.58. The molecular formula is C11H14F2N2. The maximum Gasteiger partial charge on any atom is 0.128 e. The summed E-state index contributed by atoms with van der Waals surface area (Å²) in [6.45, 7) is 3.36. The minimum absolute atomic E-state index is 0.111. The van der Waals surface area contributed by atoms with E-state index in [1.54, 1.807) is 0 Å². The van der Waals surface area contributed by atoms with Gasteiger partial charge in [0.2, 0.25) is 0 Å². The number of halogens is 2. The van der Waals surface area contributed by atoms with E-state index in [-0.39, 0.29) is 17.9 Å². The molecule has 1 aliphatic rings. The third-order valence-corrected chi connectivity index (χ3v) is 2.89. The molecule has 82 valence electrons. The third-order valence-electron chi connectivity index (χ3n) is 2.89. The van der Waals surface area contributed by atoms with Crippen molar-refractivity contribution in [2.75, 3.05) is 13.1 Å². The average molecular weight is 212 g/mol. The van der Waals surface area contributed by atoms with Gasteiger partial charge in [-0.1, -0.05) is 0 Å². The van der Waals surface area contributed by atoms with Gasteiger partial charge in [0, 0.05) is 30.7 Å². The fraction of sp³-hybridized carbons (Fsp3) is 0.455. The van der Waals surface area contributed by atoms with Gasteiger partial charge in [0.1, 0.15) is 11.6 Å². The van der Waals surface area contributed by atoms with Crippen molar-refractivity contribution >= 4 is 0 Å². The highest BCUT2D eigenvalue weighted by Gasteiger charge is 2.29. The van der Waals surface area contributed by atoms with E-state index in [4.69, 9.17) is 5.73 Å². The van der Waals surface area contributed by atoms with E-state index in [2.05, 4.69) is 0 Å². The summed E-state index contributed by atoms with van der Waals surface area (Å²) in [5.41, 5.74) is 6.05. The average Bonchev–Trinajstić information content (AvgIpc) is 2.16. The summed E-state index contributed by atoms with van der Waals surface area (Å²) in [7, 11) is 0. The summed E-state index contributed by atoms with van der Waals surface area (Å²) in [6.07, 6.45) is 0. The maximum absolute atomic E-state index is 13.4. The third kappa shape index (κ3) is 2.01. The number of hydrogen-bond donors (Lipinski definition) is 1. The number of rotatable bonds is 2. The SMILES string of the molecule is CC(c1cc(F)ccc1F)N1CC(N)C1. The Balaban J connectivity index is 2.17. The Bertz CT molecular complexity index is 362. The molecule has 1 aliphatic heterocycles. The van der Waals surface area contributed by atoms with Crippen LogP contribution in [0.2, 0.25) is 0 Å². The van der Waals surface area contributed by atoms with Crippen LogP contribution >= 0.6 is 0 Å². The molecule has 1 aromatic rings. The fourth-order valence-electron chi connectivity index (χ4n) is 1.90. The Morgan fingerprint density at radius 3 is 2.67 bits per heavy atom. The van der Waals surface area contributed by atoms with Gasteiger partial charge >= 0.3 is 0 Å². The van der Waals surface area contributed by atoms with E-state index in [0.717, 1.165) is 19.2 Å². The first-order valence-corrected chi connectivity index (χ1v) is 5.02. The zero-order chi connectivity index (χ0) is 11.0. The Morgan fingerprint density at radius 1 is 1.40 bits per heavy atom. The monoisotopic (exact) mass is 212 g/mol. The second kappa shape index (κ2) is 3.87. The largest absolute Gasteiger partial charge is 0.325 e. The second-order valence-electron chi connectivity index (χ2n) is 4.06. The maximum atomic E-state index is 13.4. The van der Waals surface area contributed by atoms with Gasteiger partial charge in [0.15, 0.2) is 0 Å². The summed E-state index contributed by atoms with van der Waals surface area (Å²) < 4.78 is 26.4. The van der Waals surface area contributed by atoms with Crippen molar-refractivity contribution in [3.63, 3.8) is 0 Å². The van der Waals surface area contributed by atoms with Crippen molar-refractivity contribution < 1.29 is 8.78 Å². The highest BCUT2D eigenvalue weighted by Crippen LogP contribution is 2.27. The van der Waals surface area contributed by atoms with Gasteiger partial charge in [-0.3, -0.25) is 4.90 Å². The lowest BCUT2D eigenvalue weighted by atomic mass is 10.0. The molecule has 1 heterocycles. The molecule has 1 fully saturated rings. The Labute approximate surface area is 87.7 Å². The second-order valence-corrected chi connectivity index (χ2v) is 4.06. The van der Waals surface area contributed by atoms with Crippen molar-refractivity contribution in [3.8, 4) is 0 Å². The van der Waals surface area contributed by atoms with Crippen LogP contribution in [0.15, 0.2) is 18.2 Å². The molecule has 0 saturated carbocycles. The highest BCUT2D eigenvalue weighted by atomic mass is 19.1. The normalized spacial score (nSPS) is 20.0. The van der Waals surface area contributed by atoms with Crippen LogP contribution in [0.5, 0.6) is 0 Å². The molecule has 1 saturated heterocycles. The molecule has 0 spiro atoms. The number of benzene rings is 1. The lowest BCUT2D eigenvalue weighted by molar-refractivity contribution is 0.101. The van der Waals surface area contributed by atoms with Crippen LogP contribution in [0.3, 0.4) is 0 Å².